The largest absolute Gasteiger partial charge is 0.344 e. The molecule has 2 saturated heterocycles. The normalized spacial score (nSPS) is 22.7. The van der Waals surface area contributed by atoms with Crippen LogP contribution in [0.25, 0.3) is 0 Å². The van der Waals surface area contributed by atoms with Crippen LogP contribution < -0.4 is 21.3 Å². The molecule has 16 nitrogen and oxygen atoms in total. The Kier molecular flexibility index (Phi) is 16.0. The predicted molar refractivity (Wildman–Crippen MR) is 240 cm³/mol. The van der Waals surface area contributed by atoms with Gasteiger partial charge in [-0.15, -0.1) is 10.2 Å². The molecular formula is C48H68N10O6. The maximum absolute atomic E-state index is 14.7. The Labute approximate surface area is 377 Å². The average molecular weight is 881 g/mol. The molecule has 0 radical (unpaired) electrons. The third-order valence-electron chi connectivity index (χ3n) is 13.6. The number of unbranched alkanes of at least 4 members (excludes halogenated alkanes) is 1. The lowest BCUT2D eigenvalue weighted by molar-refractivity contribution is -0.145. The fourth-order valence-electron chi connectivity index (χ4n) is 9.74. The number of likely N-dealkylation sites (tertiary alicyclic amines) is 1. The van der Waals surface area contributed by atoms with Crippen LogP contribution in [0, 0.1) is 29.6 Å². The van der Waals surface area contributed by atoms with Crippen LogP contribution in [0.3, 0.4) is 0 Å². The number of carbonyl (C=O) groups excluding carboxylic acids is 6. The van der Waals surface area contributed by atoms with Crippen LogP contribution >= 0.6 is 0 Å². The van der Waals surface area contributed by atoms with E-state index in [-0.39, 0.29) is 41.9 Å². The van der Waals surface area contributed by atoms with Crippen LogP contribution in [0.2, 0.25) is 0 Å². The minimum Gasteiger partial charge on any atom is -0.344 e. The van der Waals surface area contributed by atoms with Crippen LogP contribution in [0.15, 0.2) is 54.9 Å². The molecule has 3 fully saturated rings. The number of benzene rings is 1. The molecule has 8 atom stereocenters. The van der Waals surface area contributed by atoms with Gasteiger partial charge in [-0.1, -0.05) is 83.7 Å². The van der Waals surface area contributed by atoms with Crippen LogP contribution in [0.1, 0.15) is 136 Å². The highest BCUT2D eigenvalue weighted by Gasteiger charge is 2.53. The fraction of sp³-hybridized carbons (Fsp3) is 0.625. The zero-order valence-corrected chi connectivity index (χ0v) is 38.6. The number of fused-ring (bicyclic) bond motifs is 1. The van der Waals surface area contributed by atoms with Crippen molar-refractivity contribution in [1.29, 1.82) is 0 Å². The Morgan fingerprint density at radius 2 is 1.55 bits per heavy atom. The number of tetrazole rings is 1. The van der Waals surface area contributed by atoms with E-state index in [1.54, 1.807) is 41.1 Å². The van der Waals surface area contributed by atoms with E-state index in [1.807, 2.05) is 71.9 Å². The van der Waals surface area contributed by atoms with Gasteiger partial charge in [-0.25, -0.2) is 0 Å². The second-order valence-electron chi connectivity index (χ2n) is 19.4. The maximum atomic E-state index is 14.7. The summed E-state index contributed by atoms with van der Waals surface area (Å²) in [5, 5.41) is 24.7. The summed E-state index contributed by atoms with van der Waals surface area (Å²) in [6.07, 6.45) is 10.7. The number of nitrogens with one attached hydrogen (secondary N) is 4. The molecule has 1 saturated carbocycles. The molecule has 4 N–H and O–H groups in total. The van der Waals surface area contributed by atoms with Gasteiger partial charge in [0.2, 0.25) is 29.4 Å². The van der Waals surface area contributed by atoms with Gasteiger partial charge in [-0.2, -0.15) is 4.80 Å². The lowest BCUT2D eigenvalue weighted by atomic mass is 9.90. The smallest absolute Gasteiger partial charge is 0.290 e. The standard InChI is InChI=1S/C48H68N10O6/c1-29(2)40(52-39(59)21-15-14-20-38-54-56-58(55-38)48(6,7)35-17-11-9-12-18-35)44(61)53-41(30(3)4)47(64)57-28-34-26-32-16-10-8-13-19-37(51-45(62)42(57)36(34)27-32)43(60)46(63)50-31(5)33-22-24-49-25-23-33/h9,11-12,17-18,22-25,29-32,34,36-37,40-42H,8,10,13-16,19-21,26-28H2,1-7H3,(H,50,63)(H,51,62)(H,52,59)(H,53,61)/t31-,32?,34-,36-,37?,40-,41-,42-/m0/s1. The molecule has 16 heteroatoms. The SMILES string of the molecule is CC(C)[C@H](NC(=O)CCCCc1nnn(C(C)(C)c2ccccc2)n1)C(=O)N[C@H](C(=O)N1C[C@@H]2CC3CCCCCC(C(=O)C(=O)N[C@@H](C)c4ccncc4)NC(=O)[C@@H]1[C@H]2C3)C(C)C. The maximum Gasteiger partial charge on any atom is 0.290 e. The van der Waals surface area contributed by atoms with Crippen molar-refractivity contribution < 1.29 is 28.8 Å². The zero-order chi connectivity index (χ0) is 46.1. The van der Waals surface area contributed by atoms with Crippen molar-refractivity contribution in [2.45, 2.75) is 155 Å². The number of hydrogen-bond acceptors (Lipinski definition) is 10. The molecular weight excluding hydrogens is 813 g/mol. The highest BCUT2D eigenvalue weighted by molar-refractivity contribution is 6.38. The molecule has 1 aromatic carbocycles. The molecule has 2 bridgehead atoms. The summed E-state index contributed by atoms with van der Waals surface area (Å²) in [6.45, 7) is 13.6. The quantitative estimate of drug-likeness (QED) is 0.109. The van der Waals surface area contributed by atoms with Gasteiger partial charge >= 0.3 is 0 Å². The first-order valence-electron chi connectivity index (χ1n) is 23.3. The molecule has 6 rings (SSSR count). The number of aryl methyl sites for hydroxylation is 1. The van der Waals surface area contributed by atoms with Crippen molar-refractivity contribution in [3.8, 4) is 0 Å². The summed E-state index contributed by atoms with van der Waals surface area (Å²) in [5.74, 6) is -2.68. The average Bonchev–Trinajstić information content (AvgIpc) is 4.01. The molecule has 346 valence electrons. The Balaban J connectivity index is 1.07. The van der Waals surface area contributed by atoms with Gasteiger partial charge in [-0.3, -0.25) is 33.8 Å². The molecule has 3 aliphatic rings. The van der Waals surface area contributed by atoms with Gasteiger partial charge in [-0.05, 0) is 111 Å². The minimum absolute atomic E-state index is 0.0965. The first kappa shape index (κ1) is 47.9. The van der Waals surface area contributed by atoms with E-state index in [1.165, 1.54) is 0 Å². The third kappa shape index (κ3) is 11.6. The van der Waals surface area contributed by atoms with Crippen LogP contribution in [0.5, 0.6) is 0 Å². The van der Waals surface area contributed by atoms with Crippen molar-refractivity contribution in [3.63, 3.8) is 0 Å². The second kappa shape index (κ2) is 21.4. The second-order valence-corrected chi connectivity index (χ2v) is 19.4. The Bertz CT molecular complexity index is 2090. The number of Topliss-reactive ketones (excluding diaryl/α,β-unsaturated/α-hetero) is 1. The van der Waals surface area contributed by atoms with Crippen molar-refractivity contribution in [1.82, 2.24) is 51.4 Å². The lowest BCUT2D eigenvalue weighted by Crippen LogP contribution is -2.60. The fourth-order valence-corrected chi connectivity index (χ4v) is 9.74. The number of carbonyl (C=O) groups is 6. The highest BCUT2D eigenvalue weighted by Crippen LogP contribution is 2.47. The number of pyridine rings is 1. The van der Waals surface area contributed by atoms with E-state index in [0.29, 0.717) is 50.4 Å². The van der Waals surface area contributed by atoms with Gasteiger partial charge in [0.25, 0.3) is 5.91 Å². The summed E-state index contributed by atoms with van der Waals surface area (Å²) >= 11 is 0. The molecule has 1 aliphatic carbocycles. The molecule has 2 aromatic heterocycles. The summed E-state index contributed by atoms with van der Waals surface area (Å²) in [6, 6.07) is 9.27. The molecule has 64 heavy (non-hydrogen) atoms. The molecule has 2 unspecified atom stereocenters. The van der Waals surface area contributed by atoms with Crippen molar-refractivity contribution >= 4 is 35.3 Å². The van der Waals surface area contributed by atoms with Gasteiger partial charge in [0.1, 0.15) is 23.7 Å². The first-order valence-corrected chi connectivity index (χ1v) is 23.3. The number of rotatable bonds is 17. The van der Waals surface area contributed by atoms with E-state index in [4.69, 9.17) is 0 Å². The van der Waals surface area contributed by atoms with E-state index >= 15 is 0 Å². The minimum atomic E-state index is -1.05. The van der Waals surface area contributed by atoms with E-state index in [0.717, 1.165) is 43.2 Å². The number of ketones is 1. The van der Waals surface area contributed by atoms with E-state index in [2.05, 4.69) is 41.7 Å². The predicted octanol–water partition coefficient (Wildman–Crippen LogP) is 4.59. The molecule has 4 heterocycles. The lowest BCUT2D eigenvalue weighted by Gasteiger charge is -2.34. The van der Waals surface area contributed by atoms with Crippen molar-refractivity contribution in [3.05, 3.63) is 71.8 Å². The Morgan fingerprint density at radius 3 is 2.25 bits per heavy atom. The molecule has 2 aliphatic heterocycles. The molecule has 3 aromatic rings. The zero-order valence-electron chi connectivity index (χ0n) is 38.6. The summed E-state index contributed by atoms with van der Waals surface area (Å²) < 4.78 is 0. The van der Waals surface area contributed by atoms with Gasteiger partial charge < -0.3 is 26.2 Å². The highest BCUT2D eigenvalue weighted by atomic mass is 16.2. The van der Waals surface area contributed by atoms with Crippen LogP contribution in [-0.2, 0) is 40.7 Å². The van der Waals surface area contributed by atoms with Crippen LogP contribution in [-0.4, -0.2) is 96.1 Å². The summed E-state index contributed by atoms with van der Waals surface area (Å²) in [4.78, 5) is 90.6. The number of hydrogen-bond donors (Lipinski definition) is 4. The van der Waals surface area contributed by atoms with Crippen LogP contribution in [0.4, 0.5) is 0 Å². The number of nitrogens with zero attached hydrogens (tertiary/aromatic N) is 6. The monoisotopic (exact) mass is 881 g/mol. The first-order chi connectivity index (χ1) is 30.5. The molecule has 5 amide bonds. The summed E-state index contributed by atoms with van der Waals surface area (Å²) in [7, 11) is 0. The molecule has 0 spiro atoms. The number of amides is 5. The van der Waals surface area contributed by atoms with Gasteiger partial charge in [0.15, 0.2) is 5.82 Å². The Morgan fingerprint density at radius 1 is 0.844 bits per heavy atom. The topological polar surface area (TPSA) is 210 Å². The third-order valence-corrected chi connectivity index (χ3v) is 13.6. The van der Waals surface area contributed by atoms with E-state index in [9.17, 15) is 28.8 Å². The van der Waals surface area contributed by atoms with Gasteiger partial charge in [0.05, 0.1) is 12.1 Å². The number of aromatic nitrogens is 5. The van der Waals surface area contributed by atoms with E-state index < -0.39 is 59.3 Å². The van der Waals surface area contributed by atoms with Gasteiger partial charge in [0, 0.05) is 31.8 Å². The Hall–Kier alpha value is -5.54. The van der Waals surface area contributed by atoms with Crippen molar-refractivity contribution in [2.75, 3.05) is 6.54 Å². The summed E-state index contributed by atoms with van der Waals surface area (Å²) in [5.41, 5.74) is 1.37. The van der Waals surface area contributed by atoms with Crippen molar-refractivity contribution in [2.24, 2.45) is 29.6 Å².